The number of nitrogens with one attached hydrogen (secondary N) is 1. The summed E-state index contributed by atoms with van der Waals surface area (Å²) in [6, 6.07) is 0. The molecule has 1 saturated heterocycles. The quantitative estimate of drug-likeness (QED) is 0.288. The van der Waals surface area contributed by atoms with Crippen LogP contribution < -0.4 is 5.32 Å². The van der Waals surface area contributed by atoms with Crippen LogP contribution in [0.15, 0.2) is 17.6 Å². The molecule has 0 bridgehead atoms. The molecule has 0 aliphatic carbocycles. The van der Waals surface area contributed by atoms with E-state index in [0.717, 1.165) is 51.5 Å². The molecule has 0 spiro atoms. The summed E-state index contributed by atoms with van der Waals surface area (Å²) in [4.78, 5) is 9.13. The van der Waals surface area contributed by atoms with Crippen molar-refractivity contribution in [2.75, 3.05) is 46.8 Å². The van der Waals surface area contributed by atoms with Crippen LogP contribution in [-0.2, 0) is 4.74 Å². The third kappa shape index (κ3) is 8.69. The van der Waals surface area contributed by atoms with Gasteiger partial charge in [-0.3, -0.25) is 9.89 Å². The zero-order valence-corrected chi connectivity index (χ0v) is 16.3. The van der Waals surface area contributed by atoms with Crippen molar-refractivity contribution in [2.24, 2.45) is 4.99 Å². The average molecular weight is 339 g/mol. The van der Waals surface area contributed by atoms with Crippen molar-refractivity contribution in [3.8, 4) is 0 Å². The summed E-state index contributed by atoms with van der Waals surface area (Å²) in [5.41, 5.74) is 0. The van der Waals surface area contributed by atoms with Gasteiger partial charge in [-0.25, -0.2) is 0 Å². The van der Waals surface area contributed by atoms with E-state index in [1.807, 2.05) is 13.1 Å². The molecule has 0 amide bonds. The maximum atomic E-state index is 5.78. The Bertz CT molecular complexity index is 362. The zero-order valence-electron chi connectivity index (χ0n) is 16.3. The van der Waals surface area contributed by atoms with Crippen LogP contribution in [0.5, 0.6) is 0 Å². The number of guanidine groups is 1. The van der Waals surface area contributed by atoms with Gasteiger partial charge in [0, 0.05) is 46.8 Å². The van der Waals surface area contributed by atoms with Gasteiger partial charge in [-0.05, 0) is 39.5 Å². The topological polar surface area (TPSA) is 40.1 Å². The predicted octanol–water partition coefficient (Wildman–Crippen LogP) is 2.74. The summed E-state index contributed by atoms with van der Waals surface area (Å²) in [5.74, 6) is 1.00. The Hall–Kier alpha value is -1.07. The van der Waals surface area contributed by atoms with Gasteiger partial charge in [-0.1, -0.05) is 12.5 Å². The fraction of sp³-hybridized carbons (Fsp3) is 0.842. The smallest absolute Gasteiger partial charge is 0.193 e. The summed E-state index contributed by atoms with van der Waals surface area (Å²) < 4.78 is 5.78. The normalized spacial score (nSPS) is 22.4. The van der Waals surface area contributed by atoms with Crippen LogP contribution in [0.3, 0.4) is 0 Å². The third-order valence-electron chi connectivity index (χ3n) is 4.40. The van der Waals surface area contributed by atoms with Crippen LogP contribution in [0.2, 0.25) is 0 Å². The fourth-order valence-electron chi connectivity index (χ4n) is 3.27. The van der Waals surface area contributed by atoms with Gasteiger partial charge in [0.2, 0.25) is 0 Å². The molecule has 2 unspecified atom stereocenters. The number of nitrogens with zero attached hydrogens (tertiary/aromatic N) is 3. The van der Waals surface area contributed by atoms with Gasteiger partial charge >= 0.3 is 0 Å². The van der Waals surface area contributed by atoms with E-state index in [0.29, 0.717) is 12.2 Å². The first-order chi connectivity index (χ1) is 11.6. The maximum absolute atomic E-state index is 5.78. The van der Waals surface area contributed by atoms with Crippen LogP contribution in [-0.4, -0.2) is 74.8 Å². The van der Waals surface area contributed by atoms with Crippen LogP contribution in [0.4, 0.5) is 0 Å². The molecule has 140 valence electrons. The highest BCUT2D eigenvalue weighted by molar-refractivity contribution is 5.79. The van der Waals surface area contributed by atoms with Crippen molar-refractivity contribution in [3.05, 3.63) is 12.7 Å². The lowest BCUT2D eigenvalue weighted by atomic mass is 10.2. The molecule has 0 aromatic heterocycles. The van der Waals surface area contributed by atoms with Gasteiger partial charge < -0.3 is 15.0 Å². The van der Waals surface area contributed by atoms with Crippen molar-refractivity contribution >= 4 is 5.96 Å². The van der Waals surface area contributed by atoms with E-state index in [-0.39, 0.29) is 0 Å². The van der Waals surface area contributed by atoms with E-state index in [1.54, 1.807) is 0 Å². The minimum Gasteiger partial charge on any atom is -0.373 e. The lowest BCUT2D eigenvalue weighted by molar-refractivity contribution is -0.0679. The maximum Gasteiger partial charge on any atom is 0.193 e. The second kappa shape index (κ2) is 12.3. The van der Waals surface area contributed by atoms with Crippen LogP contribution in [0.25, 0.3) is 0 Å². The van der Waals surface area contributed by atoms with Gasteiger partial charge in [0.05, 0.1) is 12.2 Å². The highest BCUT2D eigenvalue weighted by Gasteiger charge is 2.21. The number of aliphatic imine (C=N–C) groups is 1. The molecule has 0 aromatic rings. The Kier molecular flexibility index (Phi) is 10.8. The molecule has 1 fully saturated rings. The molecule has 2 atom stereocenters. The molecule has 0 saturated carbocycles. The largest absolute Gasteiger partial charge is 0.373 e. The summed E-state index contributed by atoms with van der Waals surface area (Å²) in [6.07, 6.45) is 8.64. The van der Waals surface area contributed by atoms with E-state index in [2.05, 4.69) is 47.6 Å². The van der Waals surface area contributed by atoms with Crippen molar-refractivity contribution in [1.29, 1.82) is 0 Å². The molecular weight excluding hydrogens is 300 g/mol. The number of unbranched alkanes of at least 4 members (excludes halogenated alkanes) is 3. The van der Waals surface area contributed by atoms with Crippen molar-refractivity contribution < 1.29 is 4.74 Å². The molecule has 0 aromatic carbocycles. The predicted molar refractivity (Wildman–Crippen MR) is 104 cm³/mol. The summed E-state index contributed by atoms with van der Waals surface area (Å²) >= 11 is 0. The van der Waals surface area contributed by atoms with Crippen LogP contribution >= 0.6 is 0 Å². The molecule has 1 heterocycles. The highest BCUT2D eigenvalue weighted by Crippen LogP contribution is 2.10. The van der Waals surface area contributed by atoms with Crippen LogP contribution in [0.1, 0.15) is 46.0 Å². The average Bonchev–Trinajstić information content (AvgIpc) is 2.53. The molecular formula is C19H38N4O. The first-order valence-corrected chi connectivity index (χ1v) is 9.47. The first-order valence-electron chi connectivity index (χ1n) is 9.47. The van der Waals surface area contributed by atoms with Gasteiger partial charge in [0.25, 0.3) is 0 Å². The lowest BCUT2D eigenvalue weighted by Crippen LogP contribution is -2.46. The van der Waals surface area contributed by atoms with E-state index < -0.39 is 0 Å². The minimum absolute atomic E-state index is 0.349. The number of morpholine rings is 1. The Balaban J connectivity index is 2.15. The Morgan fingerprint density at radius 3 is 2.58 bits per heavy atom. The minimum atomic E-state index is 0.349. The first kappa shape index (κ1) is 21.0. The highest BCUT2D eigenvalue weighted by atomic mass is 16.5. The van der Waals surface area contributed by atoms with Crippen LogP contribution in [0, 0.1) is 0 Å². The van der Waals surface area contributed by atoms with Gasteiger partial charge in [-0.2, -0.15) is 0 Å². The molecule has 24 heavy (non-hydrogen) atoms. The van der Waals surface area contributed by atoms with Crippen molar-refractivity contribution in [2.45, 2.75) is 58.2 Å². The van der Waals surface area contributed by atoms with Crippen molar-refractivity contribution in [1.82, 2.24) is 15.1 Å². The van der Waals surface area contributed by atoms with Gasteiger partial charge in [0.1, 0.15) is 0 Å². The Morgan fingerprint density at radius 1 is 1.25 bits per heavy atom. The molecule has 1 N–H and O–H groups in total. The third-order valence-corrected chi connectivity index (χ3v) is 4.40. The monoisotopic (exact) mass is 338 g/mol. The fourth-order valence-corrected chi connectivity index (χ4v) is 3.27. The number of ether oxygens (including phenoxy) is 1. The van der Waals surface area contributed by atoms with E-state index in [1.165, 1.54) is 19.3 Å². The standard InChI is InChI=1S/C19H38N4O/c1-6-7-8-9-10-13-22(5)19(20-4)21-12-11-14-23-15-17(2)24-18(3)16-23/h6,17-18H,1,7-16H2,2-5H3,(H,20,21). The lowest BCUT2D eigenvalue weighted by Gasteiger charge is -2.35. The summed E-state index contributed by atoms with van der Waals surface area (Å²) in [7, 11) is 3.98. The molecule has 1 aliphatic rings. The zero-order chi connectivity index (χ0) is 17.8. The second-order valence-corrected chi connectivity index (χ2v) is 6.90. The summed E-state index contributed by atoms with van der Waals surface area (Å²) in [5, 5.41) is 3.49. The Morgan fingerprint density at radius 2 is 1.96 bits per heavy atom. The number of rotatable bonds is 10. The Labute approximate surface area is 149 Å². The second-order valence-electron chi connectivity index (χ2n) is 6.90. The molecule has 5 nitrogen and oxygen atoms in total. The number of allylic oxidation sites excluding steroid dienone is 1. The SMILES string of the molecule is C=CCCCCCN(C)C(=NC)NCCCN1CC(C)OC(C)C1. The molecule has 0 radical (unpaired) electrons. The van der Waals surface area contributed by atoms with Gasteiger partial charge in [0.15, 0.2) is 5.96 Å². The number of hydrogen-bond donors (Lipinski definition) is 1. The molecule has 1 rings (SSSR count). The number of hydrogen-bond acceptors (Lipinski definition) is 3. The van der Waals surface area contributed by atoms with E-state index >= 15 is 0 Å². The van der Waals surface area contributed by atoms with E-state index in [4.69, 9.17) is 4.74 Å². The summed E-state index contributed by atoms with van der Waals surface area (Å²) in [6.45, 7) is 13.3. The molecule has 5 heteroatoms. The van der Waals surface area contributed by atoms with Gasteiger partial charge in [-0.15, -0.1) is 6.58 Å². The van der Waals surface area contributed by atoms with Crippen molar-refractivity contribution in [3.63, 3.8) is 0 Å². The van der Waals surface area contributed by atoms with E-state index in [9.17, 15) is 0 Å². The molecule has 1 aliphatic heterocycles.